The zero-order chi connectivity index (χ0) is 25.2. The van der Waals surface area contributed by atoms with Crippen LogP contribution in [-0.2, 0) is 6.61 Å². The van der Waals surface area contributed by atoms with Crippen molar-refractivity contribution in [2.24, 2.45) is 5.10 Å². The van der Waals surface area contributed by atoms with Gasteiger partial charge >= 0.3 is 0 Å². The van der Waals surface area contributed by atoms with E-state index < -0.39 is 6.23 Å². The molecule has 0 unspecified atom stereocenters. The molecule has 0 N–H and O–H groups in total. The van der Waals surface area contributed by atoms with Crippen molar-refractivity contribution in [3.63, 3.8) is 0 Å². The third-order valence-electron chi connectivity index (χ3n) is 6.84. The summed E-state index contributed by atoms with van der Waals surface area (Å²) in [5.41, 5.74) is 5.29. The van der Waals surface area contributed by atoms with Crippen molar-refractivity contribution in [2.45, 2.75) is 25.3 Å². The van der Waals surface area contributed by atoms with Crippen molar-refractivity contribution in [2.75, 3.05) is 14.2 Å². The summed E-state index contributed by atoms with van der Waals surface area (Å²) in [5, 5.41) is 7.13. The topological polar surface area (TPSA) is 52.5 Å². The van der Waals surface area contributed by atoms with E-state index in [0.29, 0.717) is 6.61 Å². The minimum atomic E-state index is -0.396. The molecule has 2 heterocycles. The van der Waals surface area contributed by atoms with Crippen molar-refractivity contribution >= 4 is 5.71 Å². The predicted molar refractivity (Wildman–Crippen MR) is 142 cm³/mol. The van der Waals surface area contributed by atoms with Gasteiger partial charge in [-0.1, -0.05) is 42.5 Å². The number of fused-ring (bicyclic) bond motifs is 3. The minimum absolute atomic E-state index is 0.0370. The molecule has 0 spiro atoms. The van der Waals surface area contributed by atoms with Crippen molar-refractivity contribution in [1.29, 1.82) is 0 Å². The highest BCUT2D eigenvalue weighted by Gasteiger charge is 2.42. The molecule has 2 atom stereocenters. The summed E-state index contributed by atoms with van der Waals surface area (Å²) in [6, 6.07) is 32.3. The van der Waals surface area contributed by atoms with Crippen LogP contribution in [0.4, 0.5) is 0 Å². The predicted octanol–water partition coefficient (Wildman–Crippen LogP) is 6.53. The fraction of sp³-hybridized carbons (Fsp3) is 0.194. The summed E-state index contributed by atoms with van der Waals surface area (Å²) in [4.78, 5) is 0. The molecule has 2 aliphatic rings. The smallest absolute Gasteiger partial charge is 0.214 e. The first kappa shape index (κ1) is 23.0. The highest BCUT2D eigenvalue weighted by molar-refractivity contribution is 6.02. The molecular weight excluding hydrogens is 464 g/mol. The summed E-state index contributed by atoms with van der Waals surface area (Å²) >= 11 is 0. The van der Waals surface area contributed by atoms with Crippen molar-refractivity contribution < 1.29 is 18.9 Å². The van der Waals surface area contributed by atoms with Crippen LogP contribution >= 0.6 is 0 Å². The zero-order valence-electron chi connectivity index (χ0n) is 20.8. The normalized spacial score (nSPS) is 17.8. The van der Waals surface area contributed by atoms with E-state index in [9.17, 15) is 0 Å². The van der Waals surface area contributed by atoms with Crippen LogP contribution in [-0.4, -0.2) is 24.9 Å². The highest BCUT2D eigenvalue weighted by Crippen LogP contribution is 2.50. The number of benzene rings is 4. The molecular formula is C31H28N2O4. The first-order chi connectivity index (χ1) is 18.2. The van der Waals surface area contributed by atoms with E-state index >= 15 is 0 Å². The van der Waals surface area contributed by atoms with E-state index in [1.807, 2.05) is 66.7 Å². The van der Waals surface area contributed by atoms with Gasteiger partial charge in [-0.15, -0.1) is 0 Å². The Morgan fingerprint density at radius 3 is 2.30 bits per heavy atom. The van der Waals surface area contributed by atoms with E-state index in [1.54, 1.807) is 14.2 Å². The van der Waals surface area contributed by atoms with E-state index in [0.717, 1.165) is 57.4 Å². The number of hydrazone groups is 1. The lowest BCUT2D eigenvalue weighted by molar-refractivity contribution is -0.0209. The van der Waals surface area contributed by atoms with Crippen LogP contribution in [0.3, 0.4) is 0 Å². The number of ether oxygens (including phenoxy) is 4. The first-order valence-electron chi connectivity index (χ1n) is 12.3. The maximum atomic E-state index is 6.58. The van der Waals surface area contributed by atoms with Gasteiger partial charge in [0.15, 0.2) is 11.5 Å². The fourth-order valence-electron chi connectivity index (χ4n) is 4.89. The Labute approximate surface area is 216 Å². The van der Waals surface area contributed by atoms with Crippen LogP contribution in [0.5, 0.6) is 23.0 Å². The Morgan fingerprint density at radius 1 is 0.811 bits per heavy atom. The Kier molecular flexibility index (Phi) is 6.15. The summed E-state index contributed by atoms with van der Waals surface area (Å²) < 4.78 is 23.6. The second kappa shape index (κ2) is 9.90. The molecule has 0 bridgehead atoms. The van der Waals surface area contributed by atoms with Gasteiger partial charge in [0.25, 0.3) is 0 Å². The number of hydrogen-bond acceptors (Lipinski definition) is 6. The third-order valence-corrected chi connectivity index (χ3v) is 6.84. The molecule has 0 fully saturated rings. The van der Waals surface area contributed by atoms with E-state index in [-0.39, 0.29) is 6.04 Å². The third kappa shape index (κ3) is 4.47. The average molecular weight is 493 g/mol. The maximum absolute atomic E-state index is 6.58. The van der Waals surface area contributed by atoms with Crippen LogP contribution < -0.4 is 18.9 Å². The van der Waals surface area contributed by atoms with Crippen LogP contribution in [0.15, 0.2) is 102 Å². The van der Waals surface area contributed by atoms with Gasteiger partial charge in [-0.2, -0.15) is 5.10 Å². The van der Waals surface area contributed by atoms with Gasteiger partial charge in [-0.3, -0.25) is 0 Å². The summed E-state index contributed by atoms with van der Waals surface area (Å²) in [7, 11) is 3.35. The first-order valence-corrected chi connectivity index (χ1v) is 12.3. The number of hydrogen-bond donors (Lipinski definition) is 0. The van der Waals surface area contributed by atoms with Gasteiger partial charge in [0.05, 0.1) is 26.0 Å². The molecule has 0 saturated heterocycles. The van der Waals surface area contributed by atoms with Gasteiger partial charge in [-0.25, -0.2) is 5.01 Å². The Balaban J connectivity index is 1.31. The summed E-state index contributed by atoms with van der Waals surface area (Å²) in [6.07, 6.45) is 0.373. The van der Waals surface area contributed by atoms with Gasteiger partial charge < -0.3 is 18.9 Å². The van der Waals surface area contributed by atoms with Crippen LogP contribution in [0.1, 0.15) is 40.9 Å². The summed E-state index contributed by atoms with van der Waals surface area (Å²) in [5.74, 6) is 3.13. The molecule has 37 heavy (non-hydrogen) atoms. The van der Waals surface area contributed by atoms with Gasteiger partial charge in [0.2, 0.25) is 6.23 Å². The second-order valence-corrected chi connectivity index (χ2v) is 9.07. The standard InChI is InChI=1S/C31H28N2O4/c1-34-24-15-11-22(12-16-24)27-19-28-26-9-6-10-29(35-2)30(26)37-31(33(28)32-27)23-13-17-25(18-14-23)36-20-21-7-4-3-5-8-21/h3-18,28,31H,19-20H2,1-2H3/t28-,31+/m1/s1. The molecule has 0 saturated carbocycles. The number of methoxy groups -OCH3 is 2. The van der Waals surface area contributed by atoms with Crippen molar-refractivity contribution in [3.8, 4) is 23.0 Å². The zero-order valence-corrected chi connectivity index (χ0v) is 20.8. The lowest BCUT2D eigenvalue weighted by Crippen LogP contribution is -2.33. The van der Waals surface area contributed by atoms with E-state index in [2.05, 4.69) is 35.3 Å². The Bertz CT molecular complexity index is 1400. The van der Waals surface area contributed by atoms with Crippen LogP contribution in [0.2, 0.25) is 0 Å². The van der Waals surface area contributed by atoms with Gasteiger partial charge in [0.1, 0.15) is 18.1 Å². The fourth-order valence-corrected chi connectivity index (χ4v) is 4.89. The average Bonchev–Trinajstić information content (AvgIpc) is 3.42. The minimum Gasteiger partial charge on any atom is -0.497 e. The molecule has 6 nitrogen and oxygen atoms in total. The molecule has 4 aromatic rings. The molecule has 0 aliphatic carbocycles. The number of rotatable bonds is 7. The Morgan fingerprint density at radius 2 is 1.57 bits per heavy atom. The van der Waals surface area contributed by atoms with Gasteiger partial charge in [-0.05, 0) is 65.7 Å². The molecule has 4 aromatic carbocycles. The molecule has 6 heteroatoms. The van der Waals surface area contributed by atoms with E-state index in [4.69, 9.17) is 24.0 Å². The molecule has 2 aliphatic heterocycles. The SMILES string of the molecule is COc1ccc(C2=NN3[C@H](C2)c2cccc(OC)c2O[C@H]3c2ccc(OCc3ccccc3)cc2)cc1. The monoisotopic (exact) mass is 492 g/mol. The molecule has 0 aromatic heterocycles. The number of para-hydroxylation sites is 1. The summed E-state index contributed by atoms with van der Waals surface area (Å²) in [6.45, 7) is 0.522. The Hall–Kier alpha value is -4.45. The molecule has 0 amide bonds. The highest BCUT2D eigenvalue weighted by atomic mass is 16.5. The van der Waals surface area contributed by atoms with Crippen LogP contribution in [0, 0.1) is 0 Å². The largest absolute Gasteiger partial charge is 0.497 e. The van der Waals surface area contributed by atoms with Crippen molar-refractivity contribution in [1.82, 2.24) is 5.01 Å². The van der Waals surface area contributed by atoms with Gasteiger partial charge in [0, 0.05) is 17.5 Å². The molecule has 0 radical (unpaired) electrons. The lowest BCUT2D eigenvalue weighted by atomic mass is 9.95. The van der Waals surface area contributed by atoms with Crippen molar-refractivity contribution in [3.05, 3.63) is 119 Å². The second-order valence-electron chi connectivity index (χ2n) is 9.07. The molecule has 6 rings (SSSR count). The number of nitrogens with zero attached hydrogens (tertiary/aromatic N) is 2. The quantitative estimate of drug-likeness (QED) is 0.294. The maximum Gasteiger partial charge on any atom is 0.214 e. The molecule has 186 valence electrons. The lowest BCUT2D eigenvalue weighted by Gasteiger charge is -2.38. The van der Waals surface area contributed by atoms with E-state index in [1.165, 1.54) is 0 Å². The van der Waals surface area contributed by atoms with Crippen LogP contribution in [0.25, 0.3) is 0 Å².